The number of nitrogens with zero attached hydrogens (tertiary/aromatic N) is 2. The second-order valence-corrected chi connectivity index (χ2v) is 7.02. The summed E-state index contributed by atoms with van der Waals surface area (Å²) in [4.78, 5) is 16.8. The minimum Gasteiger partial charge on any atom is -0.504 e. The zero-order valence-corrected chi connectivity index (χ0v) is 16.9. The Labute approximate surface area is 175 Å². The van der Waals surface area contributed by atoms with Crippen LogP contribution in [0.2, 0.25) is 0 Å². The van der Waals surface area contributed by atoms with Crippen LogP contribution in [0.25, 0.3) is 22.2 Å². The Kier molecular flexibility index (Phi) is 5.36. The summed E-state index contributed by atoms with van der Waals surface area (Å²) in [5.74, 6) is 1.02. The topological polar surface area (TPSA) is 106 Å². The predicted molar refractivity (Wildman–Crippen MR) is 116 cm³/mol. The van der Waals surface area contributed by atoms with Crippen molar-refractivity contribution in [1.82, 2.24) is 4.98 Å². The van der Waals surface area contributed by atoms with E-state index < -0.39 is 5.63 Å². The molecule has 0 spiro atoms. The molecule has 8 nitrogen and oxygen atoms in total. The van der Waals surface area contributed by atoms with E-state index in [0.29, 0.717) is 39.0 Å². The number of phenolic OH excluding ortho intramolecular Hbond substituents is 1. The van der Waals surface area contributed by atoms with E-state index in [1.807, 2.05) is 0 Å². The average molecular weight is 423 g/mol. The molecule has 0 fully saturated rings. The van der Waals surface area contributed by atoms with Gasteiger partial charge in [-0.2, -0.15) is 5.10 Å². The molecule has 9 heteroatoms. The molecule has 0 atom stereocenters. The van der Waals surface area contributed by atoms with Crippen molar-refractivity contribution in [3.8, 4) is 28.5 Å². The molecule has 0 aliphatic carbocycles. The fourth-order valence-electron chi connectivity index (χ4n) is 2.82. The first-order chi connectivity index (χ1) is 14.6. The molecule has 0 aliphatic rings. The number of thiazole rings is 1. The number of hydrogen-bond donors (Lipinski definition) is 2. The summed E-state index contributed by atoms with van der Waals surface area (Å²) in [6.07, 6.45) is 1.45. The van der Waals surface area contributed by atoms with Gasteiger partial charge >= 0.3 is 5.63 Å². The smallest absolute Gasteiger partial charge is 0.345 e. The quantitative estimate of drug-likeness (QED) is 0.273. The molecule has 0 saturated heterocycles. The van der Waals surface area contributed by atoms with Crippen LogP contribution in [-0.2, 0) is 0 Å². The van der Waals surface area contributed by atoms with Crippen molar-refractivity contribution in [2.45, 2.75) is 0 Å². The Bertz CT molecular complexity index is 1300. The van der Waals surface area contributed by atoms with Gasteiger partial charge in [-0.3, -0.25) is 5.43 Å². The largest absolute Gasteiger partial charge is 0.504 e. The fourth-order valence-corrected chi connectivity index (χ4v) is 3.48. The summed E-state index contributed by atoms with van der Waals surface area (Å²) in [6.45, 7) is 0. The number of ether oxygens (including phenoxy) is 2. The van der Waals surface area contributed by atoms with Crippen LogP contribution >= 0.6 is 11.3 Å². The number of benzene rings is 2. The van der Waals surface area contributed by atoms with Crippen LogP contribution in [-0.4, -0.2) is 30.5 Å². The molecule has 2 heterocycles. The van der Waals surface area contributed by atoms with Gasteiger partial charge in [0, 0.05) is 16.3 Å². The summed E-state index contributed by atoms with van der Waals surface area (Å²) in [5.41, 5.74) is 4.09. The maximum Gasteiger partial charge on any atom is 0.345 e. The number of hydrazone groups is 1. The zero-order valence-electron chi connectivity index (χ0n) is 16.1. The molecule has 4 rings (SSSR count). The molecule has 0 aliphatic heterocycles. The van der Waals surface area contributed by atoms with Gasteiger partial charge in [0.05, 0.1) is 31.7 Å². The van der Waals surface area contributed by atoms with Gasteiger partial charge in [0.25, 0.3) is 0 Å². The molecule has 0 saturated carbocycles. The normalized spacial score (nSPS) is 11.1. The Morgan fingerprint density at radius 3 is 2.87 bits per heavy atom. The highest BCUT2D eigenvalue weighted by molar-refractivity contribution is 7.14. The van der Waals surface area contributed by atoms with Crippen molar-refractivity contribution < 1.29 is 19.0 Å². The number of hydrogen-bond acceptors (Lipinski definition) is 9. The lowest BCUT2D eigenvalue weighted by Gasteiger charge is -2.04. The van der Waals surface area contributed by atoms with Crippen LogP contribution in [0.3, 0.4) is 0 Å². The Balaban J connectivity index is 1.57. The summed E-state index contributed by atoms with van der Waals surface area (Å²) in [5, 5.41) is 17.1. The number of phenols is 1. The number of para-hydroxylation sites is 1. The SMILES string of the molecule is COc1ccc2oc(=O)c(-c3csc(NN=Cc4cccc(OC)c4O)n3)cc2c1. The van der Waals surface area contributed by atoms with Gasteiger partial charge in [-0.05, 0) is 36.4 Å². The van der Waals surface area contributed by atoms with E-state index in [-0.39, 0.29) is 5.75 Å². The van der Waals surface area contributed by atoms with E-state index in [0.717, 1.165) is 5.39 Å². The molecule has 0 radical (unpaired) electrons. The Morgan fingerprint density at radius 1 is 1.20 bits per heavy atom. The Morgan fingerprint density at radius 2 is 2.07 bits per heavy atom. The van der Waals surface area contributed by atoms with Crippen molar-refractivity contribution in [3.05, 3.63) is 63.8 Å². The van der Waals surface area contributed by atoms with E-state index >= 15 is 0 Å². The van der Waals surface area contributed by atoms with E-state index in [4.69, 9.17) is 13.9 Å². The van der Waals surface area contributed by atoms with Gasteiger partial charge in [0.2, 0.25) is 5.13 Å². The van der Waals surface area contributed by atoms with Crippen LogP contribution in [0, 0.1) is 0 Å². The van der Waals surface area contributed by atoms with E-state index in [2.05, 4.69) is 15.5 Å². The van der Waals surface area contributed by atoms with E-state index in [1.54, 1.807) is 55.0 Å². The van der Waals surface area contributed by atoms with Gasteiger partial charge < -0.3 is 19.0 Å². The molecule has 0 bridgehead atoms. The number of aromatic hydroxyl groups is 1. The number of nitrogens with one attached hydrogen (secondary N) is 1. The maximum absolute atomic E-state index is 12.4. The summed E-state index contributed by atoms with van der Waals surface area (Å²) in [6, 6.07) is 12.0. The highest BCUT2D eigenvalue weighted by Crippen LogP contribution is 2.29. The van der Waals surface area contributed by atoms with E-state index in [9.17, 15) is 9.90 Å². The summed E-state index contributed by atoms with van der Waals surface area (Å²) < 4.78 is 15.7. The number of rotatable bonds is 6. The number of aromatic nitrogens is 1. The lowest BCUT2D eigenvalue weighted by molar-refractivity contribution is 0.373. The highest BCUT2D eigenvalue weighted by Gasteiger charge is 2.12. The maximum atomic E-state index is 12.4. The molecule has 2 N–H and O–H groups in total. The lowest BCUT2D eigenvalue weighted by atomic mass is 10.1. The second kappa shape index (κ2) is 8.26. The molecule has 4 aromatic rings. The molecule has 152 valence electrons. The predicted octanol–water partition coefficient (Wildman–Crippen LogP) is 4.09. The monoisotopic (exact) mass is 423 g/mol. The molecular weight excluding hydrogens is 406 g/mol. The summed E-state index contributed by atoms with van der Waals surface area (Å²) in [7, 11) is 3.05. The number of fused-ring (bicyclic) bond motifs is 1. The Hall–Kier alpha value is -3.85. The van der Waals surface area contributed by atoms with Gasteiger partial charge in [-0.25, -0.2) is 9.78 Å². The number of methoxy groups -OCH3 is 2. The van der Waals surface area contributed by atoms with Crippen molar-refractivity contribution in [3.63, 3.8) is 0 Å². The molecule has 2 aromatic carbocycles. The van der Waals surface area contributed by atoms with Gasteiger partial charge in [0.15, 0.2) is 11.5 Å². The first kappa shape index (κ1) is 19.5. The van der Waals surface area contributed by atoms with Crippen LogP contribution < -0.4 is 20.5 Å². The molecular formula is C21H17N3O5S. The minimum atomic E-state index is -0.477. The molecule has 30 heavy (non-hydrogen) atoms. The highest BCUT2D eigenvalue weighted by atomic mass is 32.1. The van der Waals surface area contributed by atoms with Crippen LogP contribution in [0.4, 0.5) is 5.13 Å². The van der Waals surface area contributed by atoms with Gasteiger partial charge in [0.1, 0.15) is 11.3 Å². The zero-order chi connectivity index (χ0) is 21.1. The van der Waals surface area contributed by atoms with Crippen molar-refractivity contribution in [2.75, 3.05) is 19.6 Å². The standard InChI is InChI=1S/C21H17N3O5S/c1-27-14-6-7-17-13(8-14)9-15(20(26)29-17)16-11-30-21(23-16)24-22-10-12-4-3-5-18(28-2)19(12)25/h3-11,25H,1-2H3,(H,23,24). The van der Waals surface area contributed by atoms with Crippen LogP contribution in [0.15, 0.2) is 62.2 Å². The van der Waals surface area contributed by atoms with Crippen molar-refractivity contribution in [2.24, 2.45) is 5.10 Å². The first-order valence-electron chi connectivity index (χ1n) is 8.82. The minimum absolute atomic E-state index is 0.00502. The third-order valence-corrected chi connectivity index (χ3v) is 5.08. The first-order valence-corrected chi connectivity index (χ1v) is 9.70. The fraction of sp³-hybridized carbons (Fsp3) is 0.0952. The third-order valence-electron chi connectivity index (χ3n) is 4.33. The second-order valence-electron chi connectivity index (χ2n) is 6.16. The van der Waals surface area contributed by atoms with Gasteiger partial charge in [-0.15, -0.1) is 11.3 Å². The van der Waals surface area contributed by atoms with Crippen molar-refractivity contribution in [1.29, 1.82) is 0 Å². The molecule has 0 unspecified atom stereocenters. The molecule has 0 amide bonds. The van der Waals surface area contributed by atoms with Gasteiger partial charge in [-0.1, -0.05) is 6.07 Å². The average Bonchev–Trinajstić information content (AvgIpc) is 3.22. The molecule has 2 aromatic heterocycles. The third kappa shape index (κ3) is 3.83. The van der Waals surface area contributed by atoms with Crippen LogP contribution in [0.5, 0.6) is 17.2 Å². The van der Waals surface area contributed by atoms with E-state index in [1.165, 1.54) is 24.7 Å². The summed E-state index contributed by atoms with van der Waals surface area (Å²) >= 11 is 1.28. The lowest BCUT2D eigenvalue weighted by Crippen LogP contribution is -2.03. The van der Waals surface area contributed by atoms with Crippen LogP contribution in [0.1, 0.15) is 5.56 Å². The number of anilines is 1. The van der Waals surface area contributed by atoms with Crippen molar-refractivity contribution >= 4 is 33.7 Å².